The zero-order valence-corrected chi connectivity index (χ0v) is 21.2. The van der Waals surface area contributed by atoms with Gasteiger partial charge in [0.15, 0.2) is 0 Å². The molecule has 0 bridgehead atoms. The summed E-state index contributed by atoms with van der Waals surface area (Å²) in [5.74, 6) is 0.423. The highest BCUT2D eigenvalue weighted by molar-refractivity contribution is 5.94. The van der Waals surface area contributed by atoms with Crippen molar-refractivity contribution in [1.29, 1.82) is 0 Å². The third-order valence-electron chi connectivity index (χ3n) is 8.77. The Morgan fingerprint density at radius 1 is 0.865 bits per heavy atom. The summed E-state index contributed by atoms with van der Waals surface area (Å²) in [6.45, 7) is 1.15. The van der Waals surface area contributed by atoms with Crippen LogP contribution in [0, 0.1) is 11.3 Å². The number of nitrogens with zero attached hydrogens (tertiary/aromatic N) is 1. The van der Waals surface area contributed by atoms with Crippen molar-refractivity contribution in [3.05, 3.63) is 102 Å². The van der Waals surface area contributed by atoms with Crippen LogP contribution >= 0.6 is 0 Å². The molecule has 1 aliphatic carbocycles. The lowest BCUT2D eigenvalue weighted by atomic mass is 9.72. The van der Waals surface area contributed by atoms with Crippen molar-refractivity contribution in [2.24, 2.45) is 11.3 Å². The number of carbonyl (C=O) groups excluding carboxylic acids is 2. The number of nitrogens with one attached hydrogen (secondary N) is 2. The highest BCUT2D eigenvalue weighted by Crippen LogP contribution is 2.53. The molecular weight excluding hydrogens is 458 g/mol. The maximum absolute atomic E-state index is 14.5. The first-order chi connectivity index (χ1) is 18.2. The van der Waals surface area contributed by atoms with E-state index < -0.39 is 5.41 Å². The predicted octanol–water partition coefficient (Wildman–Crippen LogP) is 6.12. The Bertz CT molecular complexity index is 1250. The monoisotopic (exact) mass is 493 g/mol. The second-order valence-corrected chi connectivity index (χ2v) is 10.9. The van der Waals surface area contributed by atoms with Gasteiger partial charge in [0, 0.05) is 30.3 Å². The van der Waals surface area contributed by atoms with Crippen molar-refractivity contribution in [2.45, 2.75) is 50.6 Å². The van der Waals surface area contributed by atoms with Crippen LogP contribution in [0.1, 0.15) is 72.1 Å². The van der Waals surface area contributed by atoms with Gasteiger partial charge in [-0.15, -0.1) is 0 Å². The van der Waals surface area contributed by atoms with Gasteiger partial charge in [-0.2, -0.15) is 0 Å². The van der Waals surface area contributed by atoms with Gasteiger partial charge in [0.25, 0.3) is 5.91 Å². The summed E-state index contributed by atoms with van der Waals surface area (Å²) < 4.78 is 0. The van der Waals surface area contributed by atoms with Crippen LogP contribution in [0.3, 0.4) is 0 Å². The van der Waals surface area contributed by atoms with Crippen LogP contribution in [0.2, 0.25) is 0 Å². The number of hydrogen-bond donors (Lipinski definition) is 2. The lowest BCUT2D eigenvalue weighted by Crippen LogP contribution is -2.51. The number of carbonyl (C=O) groups is 2. The SMILES string of the molecule is O=C(NCC1(C(=O)N2CCC3C(c4ccccc4)Nc4ccccc4C32)CCCCC1)c1ccccc1. The molecule has 3 unspecified atom stereocenters. The third kappa shape index (κ3) is 4.41. The average Bonchev–Trinajstić information content (AvgIpc) is 3.42. The minimum absolute atomic E-state index is 0.0405. The fraction of sp³-hybridized carbons (Fsp3) is 0.375. The lowest BCUT2D eigenvalue weighted by molar-refractivity contribution is -0.145. The number of fused-ring (bicyclic) bond motifs is 3. The zero-order chi connectivity index (χ0) is 25.2. The molecule has 1 saturated carbocycles. The van der Waals surface area contributed by atoms with Crippen LogP contribution in [0.5, 0.6) is 0 Å². The number of likely N-dealkylation sites (tertiary alicyclic amines) is 1. The van der Waals surface area contributed by atoms with Gasteiger partial charge in [0.2, 0.25) is 5.91 Å². The number of para-hydroxylation sites is 1. The Labute approximate surface area is 219 Å². The number of amides is 2. The molecule has 2 amide bonds. The quantitative estimate of drug-likeness (QED) is 0.450. The highest BCUT2D eigenvalue weighted by atomic mass is 16.2. The molecule has 2 heterocycles. The fourth-order valence-electron chi connectivity index (χ4n) is 6.88. The van der Waals surface area contributed by atoms with E-state index in [0.717, 1.165) is 50.8 Å². The van der Waals surface area contributed by atoms with Crippen LogP contribution in [-0.2, 0) is 4.79 Å². The van der Waals surface area contributed by atoms with E-state index in [1.807, 2.05) is 30.3 Å². The van der Waals surface area contributed by atoms with E-state index in [4.69, 9.17) is 0 Å². The molecule has 0 spiro atoms. The second-order valence-electron chi connectivity index (χ2n) is 10.9. The summed E-state index contributed by atoms with van der Waals surface area (Å²) in [7, 11) is 0. The highest BCUT2D eigenvalue weighted by Gasteiger charge is 2.51. The van der Waals surface area contributed by atoms with Gasteiger partial charge in [-0.1, -0.05) is 86.0 Å². The molecule has 2 aliphatic heterocycles. The van der Waals surface area contributed by atoms with Gasteiger partial charge in [0.1, 0.15) is 0 Å². The number of anilines is 1. The van der Waals surface area contributed by atoms with E-state index in [9.17, 15) is 9.59 Å². The first-order valence-electron chi connectivity index (χ1n) is 13.7. The number of benzene rings is 3. The van der Waals surface area contributed by atoms with Crippen molar-refractivity contribution in [3.63, 3.8) is 0 Å². The van der Waals surface area contributed by atoms with Gasteiger partial charge in [-0.3, -0.25) is 9.59 Å². The van der Waals surface area contributed by atoms with Crippen LogP contribution in [0.15, 0.2) is 84.9 Å². The Kier molecular flexibility index (Phi) is 6.45. The predicted molar refractivity (Wildman–Crippen MR) is 146 cm³/mol. The summed E-state index contributed by atoms with van der Waals surface area (Å²) in [6.07, 6.45) is 5.83. The van der Waals surface area contributed by atoms with Gasteiger partial charge in [0.05, 0.1) is 17.5 Å². The Morgan fingerprint density at radius 3 is 2.30 bits per heavy atom. The standard InChI is InChI=1S/C32H35N3O2/c36-30(24-14-6-2-7-15-24)33-22-32(19-10-3-11-20-32)31(37)35-21-18-26-28(23-12-4-1-5-13-23)34-27-17-9-8-16-25(27)29(26)35/h1-2,4-9,12-17,26,28-29,34H,3,10-11,18-22H2,(H,33,36). The largest absolute Gasteiger partial charge is 0.378 e. The minimum atomic E-state index is -0.542. The molecule has 37 heavy (non-hydrogen) atoms. The first kappa shape index (κ1) is 23.8. The Morgan fingerprint density at radius 2 is 1.54 bits per heavy atom. The van der Waals surface area contributed by atoms with Crippen LogP contribution < -0.4 is 10.6 Å². The van der Waals surface area contributed by atoms with E-state index in [-0.39, 0.29) is 23.9 Å². The number of hydrogen-bond acceptors (Lipinski definition) is 3. The summed E-state index contributed by atoms with van der Waals surface area (Å²) in [5, 5.41) is 6.94. The maximum Gasteiger partial charge on any atom is 0.251 e. The molecule has 3 aromatic carbocycles. The minimum Gasteiger partial charge on any atom is -0.378 e. The summed E-state index contributed by atoms with van der Waals surface area (Å²) in [6, 6.07) is 28.6. The van der Waals surface area contributed by atoms with E-state index in [1.54, 1.807) is 0 Å². The smallest absolute Gasteiger partial charge is 0.251 e. The summed E-state index contributed by atoms with van der Waals surface area (Å²) in [5.41, 5.74) is 3.70. The number of rotatable bonds is 5. The van der Waals surface area contributed by atoms with Crippen molar-refractivity contribution in [3.8, 4) is 0 Å². The van der Waals surface area contributed by atoms with Crippen molar-refractivity contribution in [1.82, 2.24) is 10.2 Å². The van der Waals surface area contributed by atoms with Gasteiger partial charge < -0.3 is 15.5 Å². The topological polar surface area (TPSA) is 61.4 Å². The molecule has 5 nitrogen and oxygen atoms in total. The molecule has 2 N–H and O–H groups in total. The Balaban J connectivity index is 1.30. The first-order valence-corrected chi connectivity index (χ1v) is 13.7. The summed E-state index contributed by atoms with van der Waals surface area (Å²) >= 11 is 0. The van der Waals surface area contributed by atoms with Crippen molar-refractivity contribution in [2.75, 3.05) is 18.4 Å². The van der Waals surface area contributed by atoms with Gasteiger partial charge in [-0.25, -0.2) is 0 Å². The molecule has 5 heteroatoms. The van der Waals surface area contributed by atoms with Crippen molar-refractivity contribution >= 4 is 17.5 Å². The molecule has 0 aromatic heterocycles. The van der Waals surface area contributed by atoms with E-state index in [0.29, 0.717) is 18.0 Å². The van der Waals surface area contributed by atoms with Gasteiger partial charge >= 0.3 is 0 Å². The molecule has 190 valence electrons. The molecule has 1 saturated heterocycles. The Hall–Kier alpha value is -3.60. The van der Waals surface area contributed by atoms with Crippen LogP contribution in [-0.4, -0.2) is 29.8 Å². The van der Waals surface area contributed by atoms with E-state index >= 15 is 0 Å². The van der Waals surface area contributed by atoms with E-state index in [2.05, 4.69) is 70.1 Å². The van der Waals surface area contributed by atoms with E-state index in [1.165, 1.54) is 11.1 Å². The molecular formula is C32H35N3O2. The second kappa shape index (κ2) is 10.0. The molecule has 2 fully saturated rings. The van der Waals surface area contributed by atoms with Gasteiger partial charge in [-0.05, 0) is 48.6 Å². The third-order valence-corrected chi connectivity index (χ3v) is 8.77. The molecule has 6 rings (SSSR count). The lowest BCUT2D eigenvalue weighted by Gasteiger charge is -2.44. The zero-order valence-electron chi connectivity index (χ0n) is 21.2. The average molecular weight is 494 g/mol. The maximum atomic E-state index is 14.5. The fourth-order valence-corrected chi connectivity index (χ4v) is 6.88. The van der Waals surface area contributed by atoms with Crippen LogP contribution in [0.4, 0.5) is 5.69 Å². The molecule has 3 aliphatic rings. The van der Waals surface area contributed by atoms with Crippen LogP contribution in [0.25, 0.3) is 0 Å². The normalized spacial score (nSPS) is 23.9. The van der Waals surface area contributed by atoms with Crippen molar-refractivity contribution < 1.29 is 9.59 Å². The molecule has 0 radical (unpaired) electrons. The molecule has 3 aromatic rings. The molecule has 3 atom stereocenters. The summed E-state index contributed by atoms with van der Waals surface area (Å²) in [4.78, 5) is 29.6.